The van der Waals surface area contributed by atoms with Crippen LogP contribution < -0.4 is 0 Å². The van der Waals surface area contributed by atoms with Crippen molar-refractivity contribution in [3.05, 3.63) is 11.9 Å². The molecule has 1 rings (SSSR count). The highest BCUT2D eigenvalue weighted by molar-refractivity contribution is 5.02. The summed E-state index contributed by atoms with van der Waals surface area (Å²) in [6.45, 7) is 9.44. The first-order valence-corrected chi connectivity index (χ1v) is 6.29. The van der Waals surface area contributed by atoms with Gasteiger partial charge in [0.15, 0.2) is 0 Å². The molecule has 0 radical (unpaired) electrons. The fourth-order valence-corrected chi connectivity index (χ4v) is 1.89. The van der Waals surface area contributed by atoms with Crippen LogP contribution in [0.5, 0.6) is 0 Å². The molecule has 5 nitrogen and oxygen atoms in total. The fraction of sp³-hybridized carbons (Fsp3) is 0.833. The minimum atomic E-state index is -0.670. The summed E-state index contributed by atoms with van der Waals surface area (Å²) >= 11 is 0. The average molecular weight is 241 g/mol. The van der Waals surface area contributed by atoms with Crippen LogP contribution in [0.2, 0.25) is 0 Å². The predicted octanol–water partition coefficient (Wildman–Crippen LogP) is 1.78. The largest absolute Gasteiger partial charge is 0.384 e. The van der Waals surface area contributed by atoms with Crippen LogP contribution in [0.25, 0.3) is 0 Å². The Hall–Kier alpha value is -0.940. The summed E-state index contributed by atoms with van der Waals surface area (Å²) in [4.78, 5) is 0. The van der Waals surface area contributed by atoms with Gasteiger partial charge >= 0.3 is 0 Å². The van der Waals surface area contributed by atoms with Crippen molar-refractivity contribution >= 4 is 0 Å². The van der Waals surface area contributed by atoms with Gasteiger partial charge in [-0.2, -0.15) is 0 Å². The second kappa shape index (κ2) is 6.71. The molecule has 1 aromatic heterocycles. The minimum Gasteiger partial charge on any atom is -0.384 e. The molecule has 0 amide bonds. The second-order valence-electron chi connectivity index (χ2n) is 4.49. The van der Waals surface area contributed by atoms with Gasteiger partial charge in [0.25, 0.3) is 0 Å². The van der Waals surface area contributed by atoms with Crippen LogP contribution in [0, 0.1) is 5.92 Å². The molecule has 0 saturated heterocycles. The third-order valence-electron chi connectivity index (χ3n) is 2.71. The van der Waals surface area contributed by atoms with E-state index >= 15 is 0 Å². The van der Waals surface area contributed by atoms with Crippen molar-refractivity contribution in [2.75, 3.05) is 6.61 Å². The molecular formula is C12H23N3O2. The molecule has 0 aliphatic heterocycles. The van der Waals surface area contributed by atoms with E-state index in [0.29, 0.717) is 6.61 Å². The Balaban J connectivity index is 2.84. The third-order valence-corrected chi connectivity index (χ3v) is 2.71. The van der Waals surface area contributed by atoms with Crippen molar-refractivity contribution < 1.29 is 9.84 Å². The van der Waals surface area contributed by atoms with E-state index in [9.17, 15) is 5.11 Å². The molecule has 0 aromatic carbocycles. The average Bonchev–Trinajstić information content (AvgIpc) is 2.73. The molecule has 0 bridgehead atoms. The number of hydrogen-bond acceptors (Lipinski definition) is 4. The van der Waals surface area contributed by atoms with E-state index in [-0.39, 0.29) is 12.0 Å². The Kier molecular flexibility index (Phi) is 5.58. The van der Waals surface area contributed by atoms with Gasteiger partial charge in [0.05, 0.1) is 18.0 Å². The SMILES string of the molecule is CCCn1nncc1C(O)C(OCC)C(C)C. The molecule has 0 fully saturated rings. The first-order chi connectivity index (χ1) is 8.11. The van der Waals surface area contributed by atoms with E-state index in [1.165, 1.54) is 0 Å². The van der Waals surface area contributed by atoms with Crippen molar-refractivity contribution in [2.24, 2.45) is 5.92 Å². The molecule has 0 aliphatic carbocycles. The van der Waals surface area contributed by atoms with E-state index in [2.05, 4.69) is 17.2 Å². The van der Waals surface area contributed by atoms with Crippen molar-refractivity contribution in [2.45, 2.75) is 52.9 Å². The van der Waals surface area contributed by atoms with Crippen LogP contribution in [0.4, 0.5) is 0 Å². The Labute approximate surface area is 103 Å². The molecule has 5 heteroatoms. The van der Waals surface area contributed by atoms with E-state index in [0.717, 1.165) is 18.7 Å². The van der Waals surface area contributed by atoms with Crippen LogP contribution >= 0.6 is 0 Å². The van der Waals surface area contributed by atoms with Crippen molar-refractivity contribution in [1.29, 1.82) is 0 Å². The molecule has 0 saturated carbocycles. The number of aryl methyl sites for hydroxylation is 1. The molecule has 0 aliphatic rings. The lowest BCUT2D eigenvalue weighted by Crippen LogP contribution is -2.29. The van der Waals surface area contributed by atoms with Gasteiger partial charge in [0.2, 0.25) is 0 Å². The first kappa shape index (κ1) is 14.1. The van der Waals surface area contributed by atoms with Gasteiger partial charge in [0, 0.05) is 13.2 Å². The highest BCUT2D eigenvalue weighted by atomic mass is 16.5. The summed E-state index contributed by atoms with van der Waals surface area (Å²) in [5.74, 6) is 0.245. The summed E-state index contributed by atoms with van der Waals surface area (Å²) in [6, 6.07) is 0. The number of rotatable bonds is 7. The minimum absolute atomic E-state index is 0.214. The van der Waals surface area contributed by atoms with E-state index < -0.39 is 6.10 Å². The fourth-order valence-electron chi connectivity index (χ4n) is 1.89. The quantitative estimate of drug-likeness (QED) is 0.790. The summed E-state index contributed by atoms with van der Waals surface area (Å²) < 4.78 is 7.35. The topological polar surface area (TPSA) is 60.2 Å². The number of hydrogen-bond donors (Lipinski definition) is 1. The first-order valence-electron chi connectivity index (χ1n) is 6.29. The van der Waals surface area contributed by atoms with Crippen LogP contribution in [-0.4, -0.2) is 32.8 Å². The summed E-state index contributed by atoms with van der Waals surface area (Å²) in [6.07, 6.45) is 1.70. The van der Waals surface area contributed by atoms with Crippen LogP contribution in [0.3, 0.4) is 0 Å². The van der Waals surface area contributed by atoms with Gasteiger partial charge in [-0.25, -0.2) is 4.68 Å². The zero-order valence-electron chi connectivity index (χ0n) is 11.1. The highest BCUT2D eigenvalue weighted by Crippen LogP contribution is 2.24. The highest BCUT2D eigenvalue weighted by Gasteiger charge is 2.27. The zero-order valence-corrected chi connectivity index (χ0v) is 11.1. The lowest BCUT2D eigenvalue weighted by Gasteiger charge is -2.26. The monoisotopic (exact) mass is 241 g/mol. The number of aliphatic hydroxyl groups is 1. The molecular weight excluding hydrogens is 218 g/mol. The molecule has 98 valence electrons. The third kappa shape index (κ3) is 3.51. The Bertz CT molecular complexity index is 325. The van der Waals surface area contributed by atoms with Gasteiger partial charge in [-0.3, -0.25) is 0 Å². The maximum absolute atomic E-state index is 10.4. The van der Waals surface area contributed by atoms with Gasteiger partial charge < -0.3 is 9.84 Å². The molecule has 2 atom stereocenters. The van der Waals surface area contributed by atoms with Gasteiger partial charge in [-0.05, 0) is 19.3 Å². The van der Waals surface area contributed by atoms with Gasteiger partial charge in [-0.1, -0.05) is 26.0 Å². The summed E-state index contributed by atoms with van der Waals surface area (Å²) in [5, 5.41) is 18.2. The summed E-state index contributed by atoms with van der Waals surface area (Å²) in [7, 11) is 0. The lowest BCUT2D eigenvalue weighted by atomic mass is 9.99. The normalized spacial score (nSPS) is 15.2. The molecule has 1 heterocycles. The lowest BCUT2D eigenvalue weighted by molar-refractivity contribution is -0.0617. The Morgan fingerprint density at radius 3 is 2.65 bits per heavy atom. The maximum atomic E-state index is 10.4. The zero-order chi connectivity index (χ0) is 12.8. The molecule has 2 unspecified atom stereocenters. The molecule has 1 N–H and O–H groups in total. The Morgan fingerprint density at radius 2 is 2.12 bits per heavy atom. The van der Waals surface area contributed by atoms with Crippen molar-refractivity contribution in [1.82, 2.24) is 15.0 Å². The molecule has 0 spiro atoms. The summed E-state index contributed by atoms with van der Waals surface area (Å²) in [5.41, 5.74) is 0.735. The van der Waals surface area contributed by atoms with E-state index in [1.54, 1.807) is 10.9 Å². The van der Waals surface area contributed by atoms with E-state index in [4.69, 9.17) is 4.74 Å². The van der Waals surface area contributed by atoms with Gasteiger partial charge in [0.1, 0.15) is 6.10 Å². The standard InChI is InChI=1S/C12H23N3O2/c1-5-7-15-10(8-13-14-15)11(16)12(9(3)4)17-6-2/h8-9,11-12,16H,5-7H2,1-4H3. The Morgan fingerprint density at radius 1 is 1.41 bits per heavy atom. The van der Waals surface area contributed by atoms with Crippen LogP contribution in [0.1, 0.15) is 45.9 Å². The second-order valence-corrected chi connectivity index (χ2v) is 4.49. The van der Waals surface area contributed by atoms with Crippen molar-refractivity contribution in [3.63, 3.8) is 0 Å². The smallest absolute Gasteiger partial charge is 0.124 e. The number of aliphatic hydroxyl groups excluding tert-OH is 1. The predicted molar refractivity (Wildman–Crippen MR) is 65.5 cm³/mol. The molecule has 17 heavy (non-hydrogen) atoms. The van der Waals surface area contributed by atoms with Crippen LogP contribution in [0.15, 0.2) is 6.20 Å². The number of nitrogens with zero attached hydrogens (tertiary/aromatic N) is 3. The van der Waals surface area contributed by atoms with Crippen LogP contribution in [-0.2, 0) is 11.3 Å². The van der Waals surface area contributed by atoms with Gasteiger partial charge in [-0.15, -0.1) is 5.10 Å². The van der Waals surface area contributed by atoms with E-state index in [1.807, 2.05) is 20.8 Å². The van der Waals surface area contributed by atoms with Crippen molar-refractivity contribution in [3.8, 4) is 0 Å². The number of aromatic nitrogens is 3. The maximum Gasteiger partial charge on any atom is 0.124 e. The molecule has 1 aromatic rings. The number of ether oxygens (including phenoxy) is 1.